The van der Waals surface area contributed by atoms with E-state index < -0.39 is 0 Å². The molecule has 0 radical (unpaired) electrons. The van der Waals surface area contributed by atoms with Crippen LogP contribution < -0.4 is 0 Å². The van der Waals surface area contributed by atoms with Gasteiger partial charge >= 0.3 is 0 Å². The Labute approximate surface area is 73.1 Å². The molecule has 0 saturated heterocycles. The van der Waals surface area contributed by atoms with E-state index in [4.69, 9.17) is 0 Å². The van der Waals surface area contributed by atoms with Crippen LogP contribution in [0.25, 0.3) is 5.57 Å². The molecule has 1 aromatic rings. The standard InChI is InChI=1S/C11H13N/c1-8-6-10-5-3-4-9(2)11(10)12-7-8/h4,6-7H,3,5H2,1-2H3. The Morgan fingerprint density at radius 2 is 2.17 bits per heavy atom. The van der Waals surface area contributed by atoms with Crippen LogP contribution in [-0.2, 0) is 6.42 Å². The number of hydrogen-bond donors (Lipinski definition) is 0. The number of nitrogens with zero attached hydrogens (tertiary/aromatic N) is 1. The molecule has 0 spiro atoms. The van der Waals surface area contributed by atoms with Gasteiger partial charge in [0.05, 0.1) is 5.69 Å². The first kappa shape index (κ1) is 7.53. The van der Waals surface area contributed by atoms with E-state index >= 15 is 0 Å². The molecule has 0 aliphatic heterocycles. The van der Waals surface area contributed by atoms with Crippen LogP contribution in [0.5, 0.6) is 0 Å². The number of allylic oxidation sites excluding steroid dienone is 2. The quantitative estimate of drug-likeness (QED) is 0.567. The molecule has 0 N–H and O–H groups in total. The summed E-state index contributed by atoms with van der Waals surface area (Å²) in [5.41, 5.74) is 5.21. The van der Waals surface area contributed by atoms with Crippen molar-refractivity contribution in [3.8, 4) is 0 Å². The fourth-order valence-electron chi connectivity index (χ4n) is 1.72. The number of rotatable bonds is 0. The zero-order valence-electron chi connectivity index (χ0n) is 7.59. The van der Waals surface area contributed by atoms with E-state index in [-0.39, 0.29) is 0 Å². The van der Waals surface area contributed by atoms with Gasteiger partial charge in [0, 0.05) is 6.20 Å². The minimum Gasteiger partial charge on any atom is -0.256 e. The van der Waals surface area contributed by atoms with Crippen LogP contribution in [0.3, 0.4) is 0 Å². The molecule has 62 valence electrons. The highest BCUT2D eigenvalue weighted by atomic mass is 14.7. The van der Waals surface area contributed by atoms with E-state index in [1.807, 2.05) is 6.20 Å². The Morgan fingerprint density at radius 3 is 3.00 bits per heavy atom. The van der Waals surface area contributed by atoms with Crippen LogP contribution >= 0.6 is 0 Å². The van der Waals surface area contributed by atoms with E-state index in [1.165, 1.54) is 28.8 Å². The number of hydrogen-bond acceptors (Lipinski definition) is 1. The molecule has 2 rings (SSSR count). The molecular weight excluding hydrogens is 146 g/mol. The van der Waals surface area contributed by atoms with Crippen molar-refractivity contribution in [3.05, 3.63) is 35.2 Å². The van der Waals surface area contributed by atoms with E-state index in [0.717, 1.165) is 6.42 Å². The van der Waals surface area contributed by atoms with Crippen molar-refractivity contribution >= 4 is 5.57 Å². The lowest BCUT2D eigenvalue weighted by Crippen LogP contribution is -2.01. The van der Waals surface area contributed by atoms with Crippen LogP contribution in [0.1, 0.15) is 30.2 Å². The van der Waals surface area contributed by atoms with E-state index in [9.17, 15) is 0 Å². The molecule has 0 fully saturated rings. The molecule has 0 unspecified atom stereocenters. The lowest BCUT2D eigenvalue weighted by molar-refractivity contribution is 0.946. The summed E-state index contributed by atoms with van der Waals surface area (Å²) in [6.45, 7) is 4.24. The third kappa shape index (κ3) is 1.15. The van der Waals surface area contributed by atoms with Gasteiger partial charge in [-0.15, -0.1) is 0 Å². The third-order valence-corrected chi connectivity index (χ3v) is 2.34. The number of pyridine rings is 1. The van der Waals surface area contributed by atoms with Gasteiger partial charge in [0.25, 0.3) is 0 Å². The average molecular weight is 159 g/mol. The van der Waals surface area contributed by atoms with Gasteiger partial charge < -0.3 is 0 Å². The molecule has 1 aliphatic rings. The maximum atomic E-state index is 4.43. The Bertz CT molecular complexity index is 337. The summed E-state index contributed by atoms with van der Waals surface area (Å²) >= 11 is 0. The van der Waals surface area contributed by atoms with Crippen molar-refractivity contribution in [1.82, 2.24) is 4.98 Å². The Balaban J connectivity index is 2.56. The van der Waals surface area contributed by atoms with Crippen LogP contribution in [-0.4, -0.2) is 4.98 Å². The molecule has 1 heteroatoms. The summed E-state index contributed by atoms with van der Waals surface area (Å²) in [7, 11) is 0. The summed E-state index contributed by atoms with van der Waals surface area (Å²) in [5.74, 6) is 0. The fraction of sp³-hybridized carbons (Fsp3) is 0.364. The minimum atomic E-state index is 1.15. The van der Waals surface area contributed by atoms with Crippen LogP contribution in [0.15, 0.2) is 18.3 Å². The molecule has 12 heavy (non-hydrogen) atoms. The smallest absolute Gasteiger partial charge is 0.0687 e. The Hall–Kier alpha value is -1.11. The molecule has 1 nitrogen and oxygen atoms in total. The van der Waals surface area contributed by atoms with Crippen molar-refractivity contribution < 1.29 is 0 Å². The highest BCUT2D eigenvalue weighted by molar-refractivity contribution is 5.65. The number of aromatic nitrogens is 1. The lowest BCUT2D eigenvalue weighted by atomic mass is 9.96. The summed E-state index contributed by atoms with van der Waals surface area (Å²) in [5, 5.41) is 0. The van der Waals surface area contributed by atoms with Crippen molar-refractivity contribution in [2.45, 2.75) is 26.7 Å². The third-order valence-electron chi connectivity index (χ3n) is 2.34. The highest BCUT2D eigenvalue weighted by Crippen LogP contribution is 2.24. The van der Waals surface area contributed by atoms with Crippen LogP contribution in [0.4, 0.5) is 0 Å². The Morgan fingerprint density at radius 1 is 1.33 bits per heavy atom. The van der Waals surface area contributed by atoms with Gasteiger partial charge in [0.15, 0.2) is 0 Å². The maximum Gasteiger partial charge on any atom is 0.0687 e. The summed E-state index contributed by atoms with van der Waals surface area (Å²) in [6, 6.07) is 2.25. The van der Waals surface area contributed by atoms with E-state index in [0.29, 0.717) is 0 Å². The highest BCUT2D eigenvalue weighted by Gasteiger charge is 2.09. The molecule has 0 aromatic carbocycles. The fourth-order valence-corrected chi connectivity index (χ4v) is 1.72. The molecule has 0 amide bonds. The van der Waals surface area contributed by atoms with Crippen molar-refractivity contribution in [2.24, 2.45) is 0 Å². The summed E-state index contributed by atoms with van der Waals surface area (Å²) in [6.07, 6.45) is 6.54. The average Bonchev–Trinajstić information content (AvgIpc) is 2.04. The minimum absolute atomic E-state index is 1.15. The first-order valence-corrected chi connectivity index (χ1v) is 4.40. The van der Waals surface area contributed by atoms with Gasteiger partial charge in [-0.3, -0.25) is 4.98 Å². The summed E-state index contributed by atoms with van der Waals surface area (Å²) < 4.78 is 0. The normalized spacial score (nSPS) is 15.3. The van der Waals surface area contributed by atoms with Gasteiger partial charge in [-0.1, -0.05) is 12.1 Å². The predicted molar refractivity (Wildman–Crippen MR) is 50.9 cm³/mol. The SMILES string of the molecule is CC1=CCCc2cc(C)cnc21. The zero-order valence-corrected chi connectivity index (χ0v) is 7.59. The molecule has 0 bridgehead atoms. The van der Waals surface area contributed by atoms with Crippen LogP contribution in [0.2, 0.25) is 0 Å². The molecule has 0 atom stereocenters. The van der Waals surface area contributed by atoms with Gasteiger partial charge in [-0.2, -0.15) is 0 Å². The van der Waals surface area contributed by atoms with E-state index in [1.54, 1.807) is 0 Å². The number of fused-ring (bicyclic) bond motifs is 1. The predicted octanol–water partition coefficient (Wildman–Crippen LogP) is 2.74. The second-order valence-electron chi connectivity index (χ2n) is 3.45. The first-order chi connectivity index (χ1) is 5.77. The molecule has 1 heterocycles. The maximum absolute atomic E-state index is 4.43. The van der Waals surface area contributed by atoms with Crippen LogP contribution in [0, 0.1) is 6.92 Å². The second-order valence-corrected chi connectivity index (χ2v) is 3.45. The van der Waals surface area contributed by atoms with Gasteiger partial charge in [-0.25, -0.2) is 0 Å². The van der Waals surface area contributed by atoms with Gasteiger partial charge in [-0.05, 0) is 43.4 Å². The molecule has 1 aromatic heterocycles. The summed E-state index contributed by atoms with van der Waals surface area (Å²) in [4.78, 5) is 4.43. The van der Waals surface area contributed by atoms with Crippen molar-refractivity contribution in [1.29, 1.82) is 0 Å². The monoisotopic (exact) mass is 159 g/mol. The molecular formula is C11H13N. The molecule has 0 saturated carbocycles. The van der Waals surface area contributed by atoms with Crippen molar-refractivity contribution in [3.63, 3.8) is 0 Å². The zero-order chi connectivity index (χ0) is 8.55. The largest absolute Gasteiger partial charge is 0.256 e. The van der Waals surface area contributed by atoms with E-state index in [2.05, 4.69) is 31.0 Å². The topological polar surface area (TPSA) is 12.9 Å². The number of aryl methyl sites for hydroxylation is 2. The van der Waals surface area contributed by atoms with Crippen molar-refractivity contribution in [2.75, 3.05) is 0 Å². The molecule has 1 aliphatic carbocycles. The van der Waals surface area contributed by atoms with Gasteiger partial charge in [0.2, 0.25) is 0 Å². The second kappa shape index (κ2) is 2.74. The first-order valence-electron chi connectivity index (χ1n) is 4.40. The van der Waals surface area contributed by atoms with Gasteiger partial charge in [0.1, 0.15) is 0 Å². The lowest BCUT2D eigenvalue weighted by Gasteiger charge is -2.13. The Kier molecular flexibility index (Phi) is 1.72.